The lowest BCUT2D eigenvalue weighted by molar-refractivity contribution is 0.572. The van der Waals surface area contributed by atoms with Crippen LogP contribution < -0.4 is 4.90 Å². The van der Waals surface area contributed by atoms with Crippen LogP contribution >= 0.6 is 0 Å². The molecule has 4 heterocycles. The first kappa shape index (κ1) is 18.6. The fourth-order valence-corrected chi connectivity index (χ4v) is 4.25. The first-order valence-electron chi connectivity index (χ1n) is 10.4. The quantitative estimate of drug-likeness (QED) is 0.489. The number of halogens is 1. The van der Waals surface area contributed by atoms with Crippen LogP contribution in [-0.2, 0) is 0 Å². The predicted molar refractivity (Wildman–Crippen MR) is 117 cm³/mol. The lowest BCUT2D eigenvalue weighted by atomic mass is 10.0. The van der Waals surface area contributed by atoms with Crippen LogP contribution in [0, 0.1) is 12.7 Å². The van der Waals surface area contributed by atoms with E-state index in [1.54, 1.807) is 24.5 Å². The number of anilines is 1. The number of nitrogens with zero attached hydrogens (tertiary/aromatic N) is 8. The van der Waals surface area contributed by atoms with Gasteiger partial charge in [-0.05, 0) is 49.8 Å². The molecule has 2 aliphatic rings. The predicted octanol–water partition coefficient (Wildman–Crippen LogP) is 4.08. The Morgan fingerprint density at radius 3 is 2.62 bits per heavy atom. The Bertz CT molecular complexity index is 1400. The second-order valence-electron chi connectivity index (χ2n) is 7.69. The monoisotopic (exact) mass is 426 g/mol. The Morgan fingerprint density at radius 1 is 1.09 bits per heavy atom. The van der Waals surface area contributed by atoms with Gasteiger partial charge in [0.05, 0.1) is 12.2 Å². The summed E-state index contributed by atoms with van der Waals surface area (Å²) in [6.07, 6.45) is 12.3. The summed E-state index contributed by atoms with van der Waals surface area (Å²) in [6.45, 7) is 4.06. The van der Waals surface area contributed by atoms with E-state index in [0.29, 0.717) is 11.8 Å². The summed E-state index contributed by atoms with van der Waals surface area (Å²) in [6, 6.07) is 6.23. The van der Waals surface area contributed by atoms with E-state index in [1.165, 1.54) is 12.1 Å². The van der Waals surface area contributed by atoms with Crippen LogP contribution in [0.15, 0.2) is 66.8 Å². The highest BCUT2D eigenvalue weighted by molar-refractivity contribution is 5.69. The number of hydrogen-bond donors (Lipinski definition) is 0. The maximum absolute atomic E-state index is 13.4. The van der Waals surface area contributed by atoms with Crippen molar-refractivity contribution in [1.82, 2.24) is 34.3 Å². The van der Waals surface area contributed by atoms with Crippen molar-refractivity contribution in [2.24, 2.45) is 0 Å². The van der Waals surface area contributed by atoms with Gasteiger partial charge >= 0.3 is 0 Å². The minimum Gasteiger partial charge on any atom is -0.314 e. The molecule has 9 heteroatoms. The number of hydrogen-bond acceptors (Lipinski definition) is 6. The molecule has 0 spiro atoms. The van der Waals surface area contributed by atoms with Crippen molar-refractivity contribution in [3.63, 3.8) is 0 Å². The number of benzene rings is 1. The molecule has 1 aromatic carbocycles. The zero-order valence-corrected chi connectivity index (χ0v) is 17.5. The van der Waals surface area contributed by atoms with E-state index in [4.69, 9.17) is 4.98 Å². The van der Waals surface area contributed by atoms with Gasteiger partial charge in [-0.3, -0.25) is 9.13 Å². The van der Waals surface area contributed by atoms with Crippen molar-refractivity contribution in [2.75, 3.05) is 4.90 Å². The molecule has 0 fully saturated rings. The third kappa shape index (κ3) is 2.64. The topological polar surface area (TPSA) is 77.5 Å². The second-order valence-corrected chi connectivity index (χ2v) is 7.69. The lowest BCUT2D eigenvalue weighted by Crippen LogP contribution is -2.36. The molecule has 0 N–H and O–H groups in total. The van der Waals surface area contributed by atoms with Gasteiger partial charge in [0.15, 0.2) is 11.6 Å². The molecule has 1 aliphatic carbocycles. The maximum atomic E-state index is 13.4. The number of aromatic nitrogens is 7. The molecular formula is C23H19FN8. The van der Waals surface area contributed by atoms with E-state index < -0.39 is 0 Å². The minimum absolute atomic E-state index is 0.00186. The van der Waals surface area contributed by atoms with E-state index in [1.807, 2.05) is 28.3 Å². The molecular weight excluding hydrogens is 407 g/mol. The molecule has 1 atom stereocenters. The Morgan fingerprint density at radius 2 is 1.91 bits per heavy atom. The molecule has 6 rings (SSSR count). The fraction of sp³-hybridized carbons (Fsp3) is 0.174. The summed E-state index contributed by atoms with van der Waals surface area (Å²) in [5, 5.41) is 8.76. The molecule has 4 aromatic rings. The molecule has 3 aromatic heterocycles. The highest BCUT2D eigenvalue weighted by Gasteiger charge is 2.37. The average molecular weight is 426 g/mol. The van der Waals surface area contributed by atoms with E-state index in [2.05, 4.69) is 44.1 Å². The number of imidazole rings is 1. The smallest absolute Gasteiger partial charge is 0.237 e. The van der Waals surface area contributed by atoms with E-state index in [9.17, 15) is 4.39 Å². The zero-order valence-electron chi connectivity index (χ0n) is 17.5. The summed E-state index contributed by atoms with van der Waals surface area (Å²) in [5.74, 6) is 3.29. The van der Waals surface area contributed by atoms with Crippen LogP contribution in [0.3, 0.4) is 0 Å². The fourth-order valence-electron chi connectivity index (χ4n) is 4.25. The number of fused-ring (bicyclic) bond motifs is 3. The van der Waals surface area contributed by atoms with Gasteiger partial charge < -0.3 is 4.90 Å². The van der Waals surface area contributed by atoms with Crippen molar-refractivity contribution in [3.8, 4) is 23.0 Å². The summed E-state index contributed by atoms with van der Waals surface area (Å²) in [5.41, 5.74) is 2.68. The molecule has 1 aliphatic heterocycles. The highest BCUT2D eigenvalue weighted by atomic mass is 19.1. The molecule has 32 heavy (non-hydrogen) atoms. The Balaban J connectivity index is 1.53. The van der Waals surface area contributed by atoms with Crippen molar-refractivity contribution >= 4 is 5.82 Å². The SMILES string of the molecule is CCC1c2nnc(C)n2-c2cnc(-n3ccnc3-c3ccc(F)cc3)nc2N1C1=CC=C1. The van der Waals surface area contributed by atoms with Gasteiger partial charge in [0.2, 0.25) is 5.95 Å². The number of aryl methyl sites for hydroxylation is 1. The zero-order chi connectivity index (χ0) is 21.8. The maximum Gasteiger partial charge on any atom is 0.237 e. The number of rotatable bonds is 4. The molecule has 0 amide bonds. The molecule has 1 unspecified atom stereocenters. The standard InChI is InChI=1S/C23H19FN8/c1-3-18-22-29-28-14(2)31(22)19-13-26-23(27-21(19)32(18)17-5-4-6-17)30-12-11-25-20(30)15-7-9-16(24)10-8-15/h4-13,18H,3H2,1-2H3. The van der Waals surface area contributed by atoms with E-state index in [-0.39, 0.29) is 11.9 Å². The molecule has 0 bridgehead atoms. The first-order valence-corrected chi connectivity index (χ1v) is 10.4. The summed E-state index contributed by atoms with van der Waals surface area (Å²) in [4.78, 5) is 16.3. The van der Waals surface area contributed by atoms with Crippen molar-refractivity contribution in [2.45, 2.75) is 26.3 Å². The Kier molecular flexibility index (Phi) is 4.04. The molecule has 0 saturated heterocycles. The third-order valence-electron chi connectivity index (χ3n) is 5.82. The van der Waals surface area contributed by atoms with Crippen LogP contribution in [0.1, 0.15) is 31.0 Å². The normalized spacial score (nSPS) is 16.4. The van der Waals surface area contributed by atoms with Gasteiger partial charge in [-0.15, -0.1) is 10.2 Å². The third-order valence-corrected chi connectivity index (χ3v) is 5.82. The van der Waals surface area contributed by atoms with Crippen LogP contribution in [0.2, 0.25) is 0 Å². The Labute approximate surface area is 183 Å². The highest BCUT2D eigenvalue weighted by Crippen LogP contribution is 2.42. The first-order chi connectivity index (χ1) is 15.7. The molecule has 158 valence electrons. The van der Waals surface area contributed by atoms with Crippen LogP contribution in [0.5, 0.6) is 0 Å². The number of allylic oxidation sites excluding steroid dienone is 3. The summed E-state index contributed by atoms with van der Waals surface area (Å²) < 4.78 is 17.3. The van der Waals surface area contributed by atoms with Crippen LogP contribution in [0.4, 0.5) is 10.2 Å². The average Bonchev–Trinajstić information content (AvgIpc) is 3.40. The van der Waals surface area contributed by atoms with Gasteiger partial charge in [-0.25, -0.2) is 14.4 Å². The van der Waals surface area contributed by atoms with Gasteiger partial charge in [0, 0.05) is 23.7 Å². The molecule has 0 saturated carbocycles. The van der Waals surface area contributed by atoms with Gasteiger partial charge in [-0.1, -0.05) is 13.0 Å². The second kappa shape index (κ2) is 6.94. The lowest BCUT2D eigenvalue weighted by Gasteiger charge is -2.38. The van der Waals surface area contributed by atoms with Gasteiger partial charge in [0.1, 0.15) is 23.2 Å². The largest absolute Gasteiger partial charge is 0.314 e. The molecule has 0 radical (unpaired) electrons. The van der Waals surface area contributed by atoms with Crippen molar-refractivity contribution in [3.05, 3.63) is 84.2 Å². The minimum atomic E-state index is -0.292. The van der Waals surface area contributed by atoms with E-state index >= 15 is 0 Å². The van der Waals surface area contributed by atoms with Crippen LogP contribution in [-0.4, -0.2) is 34.3 Å². The summed E-state index contributed by atoms with van der Waals surface area (Å²) in [7, 11) is 0. The molecule has 8 nitrogen and oxygen atoms in total. The summed E-state index contributed by atoms with van der Waals surface area (Å²) >= 11 is 0. The van der Waals surface area contributed by atoms with E-state index in [0.717, 1.165) is 40.8 Å². The van der Waals surface area contributed by atoms with Gasteiger partial charge in [-0.2, -0.15) is 4.98 Å². The Hall–Kier alpha value is -4.14. The van der Waals surface area contributed by atoms with Crippen molar-refractivity contribution < 1.29 is 4.39 Å². The van der Waals surface area contributed by atoms with Crippen molar-refractivity contribution in [1.29, 1.82) is 0 Å². The van der Waals surface area contributed by atoms with Gasteiger partial charge in [0.25, 0.3) is 0 Å². The van der Waals surface area contributed by atoms with Crippen LogP contribution in [0.25, 0.3) is 23.0 Å².